The summed E-state index contributed by atoms with van der Waals surface area (Å²) < 4.78 is 13.0. The Morgan fingerprint density at radius 3 is 3.04 bits per heavy atom. The second-order valence-corrected chi connectivity index (χ2v) is 6.41. The van der Waals surface area contributed by atoms with Crippen molar-refractivity contribution in [3.63, 3.8) is 0 Å². The van der Waals surface area contributed by atoms with Crippen LogP contribution in [0.1, 0.15) is 17.0 Å². The molecule has 1 amide bonds. The summed E-state index contributed by atoms with van der Waals surface area (Å²) >= 11 is 0. The van der Waals surface area contributed by atoms with Gasteiger partial charge in [0.15, 0.2) is 5.82 Å². The number of amides is 1. The zero-order valence-corrected chi connectivity index (χ0v) is 14.5. The van der Waals surface area contributed by atoms with Gasteiger partial charge in [-0.25, -0.2) is 9.97 Å². The van der Waals surface area contributed by atoms with Crippen LogP contribution in [0.2, 0.25) is 0 Å². The number of imidazole rings is 1. The van der Waals surface area contributed by atoms with Crippen molar-refractivity contribution in [2.75, 3.05) is 25.1 Å². The average molecular weight is 352 g/mol. The molecule has 134 valence electrons. The lowest BCUT2D eigenvalue weighted by Gasteiger charge is -2.12. The highest BCUT2D eigenvalue weighted by Crippen LogP contribution is 2.27. The van der Waals surface area contributed by atoms with Gasteiger partial charge in [0.05, 0.1) is 13.2 Å². The molecule has 1 aromatic carbocycles. The summed E-state index contributed by atoms with van der Waals surface area (Å²) in [6.45, 7) is 2.15. The summed E-state index contributed by atoms with van der Waals surface area (Å²) in [5.41, 5.74) is 0.701. The average Bonchev–Trinajstić information content (AvgIpc) is 3.31. The Kier molecular flexibility index (Phi) is 4.53. The Bertz CT molecular complexity index is 931. The molecule has 2 aromatic heterocycles. The predicted octanol–water partition coefficient (Wildman–Crippen LogP) is 2.64. The third-order valence-electron chi connectivity index (χ3n) is 4.49. The third kappa shape index (κ3) is 3.39. The molecule has 1 aliphatic rings. The second kappa shape index (κ2) is 7.13. The van der Waals surface area contributed by atoms with Crippen molar-refractivity contribution in [1.82, 2.24) is 14.5 Å². The van der Waals surface area contributed by atoms with Crippen molar-refractivity contribution in [1.29, 1.82) is 0 Å². The number of ether oxygens (including phenoxy) is 2. The van der Waals surface area contributed by atoms with Gasteiger partial charge in [-0.3, -0.25) is 4.79 Å². The first kappa shape index (κ1) is 16.5. The lowest BCUT2D eigenvalue weighted by Crippen LogP contribution is -2.16. The summed E-state index contributed by atoms with van der Waals surface area (Å²) in [4.78, 5) is 20.7. The van der Waals surface area contributed by atoms with Crippen LogP contribution in [0.25, 0.3) is 10.8 Å². The number of carbonyl (C=O) groups excluding carboxylic acids is 1. The van der Waals surface area contributed by atoms with Crippen LogP contribution < -0.4 is 10.1 Å². The Morgan fingerprint density at radius 1 is 1.35 bits per heavy atom. The van der Waals surface area contributed by atoms with Crippen LogP contribution in [0.3, 0.4) is 0 Å². The third-order valence-corrected chi connectivity index (χ3v) is 4.49. The van der Waals surface area contributed by atoms with Gasteiger partial charge in [-0.2, -0.15) is 0 Å². The topological polar surface area (TPSA) is 78.3 Å². The molecule has 1 fully saturated rings. The van der Waals surface area contributed by atoms with E-state index in [0.717, 1.165) is 30.4 Å². The molecule has 3 heterocycles. The number of hydrogen-bond donors (Lipinski definition) is 1. The highest BCUT2D eigenvalue weighted by molar-refractivity contribution is 6.03. The Labute approximate surface area is 151 Å². The lowest BCUT2D eigenvalue weighted by atomic mass is 10.1. The van der Waals surface area contributed by atoms with Gasteiger partial charge in [-0.05, 0) is 36.1 Å². The van der Waals surface area contributed by atoms with Gasteiger partial charge in [0, 0.05) is 49.2 Å². The number of fused-ring (bicyclic) bond motifs is 1. The minimum absolute atomic E-state index is 0.247. The molecule has 0 bridgehead atoms. The molecule has 3 aromatic rings. The zero-order chi connectivity index (χ0) is 17.9. The number of aromatic nitrogens is 3. The Balaban J connectivity index is 1.52. The first-order valence-electron chi connectivity index (χ1n) is 8.59. The maximum atomic E-state index is 12.3. The van der Waals surface area contributed by atoms with E-state index in [0.29, 0.717) is 29.9 Å². The molecular formula is C19H20N4O3. The van der Waals surface area contributed by atoms with Crippen molar-refractivity contribution in [3.8, 4) is 5.88 Å². The zero-order valence-electron chi connectivity index (χ0n) is 14.5. The van der Waals surface area contributed by atoms with Gasteiger partial charge in [-0.15, -0.1) is 0 Å². The standard InChI is InChI=1S/C19H20N4O3/c1-23-8-7-20-17(23)18(24)22-15-2-3-16-14(10-15)4-6-21-19(16)26-12-13-5-9-25-11-13/h2-4,6-8,10,13H,5,9,11-12H2,1H3,(H,22,24). The molecule has 7 heteroatoms. The van der Waals surface area contributed by atoms with Crippen molar-refractivity contribution >= 4 is 22.4 Å². The fraction of sp³-hybridized carbons (Fsp3) is 0.316. The quantitative estimate of drug-likeness (QED) is 0.764. The van der Waals surface area contributed by atoms with Crippen molar-refractivity contribution < 1.29 is 14.3 Å². The Morgan fingerprint density at radius 2 is 2.27 bits per heavy atom. The van der Waals surface area contributed by atoms with Crippen molar-refractivity contribution in [3.05, 3.63) is 48.7 Å². The van der Waals surface area contributed by atoms with Crippen LogP contribution in [0.5, 0.6) is 5.88 Å². The summed E-state index contributed by atoms with van der Waals surface area (Å²) in [6, 6.07) is 7.56. The number of nitrogens with one attached hydrogen (secondary N) is 1. The molecule has 1 unspecified atom stereocenters. The minimum Gasteiger partial charge on any atom is -0.477 e. The molecule has 1 aliphatic heterocycles. The molecule has 0 spiro atoms. The smallest absolute Gasteiger partial charge is 0.291 e. The fourth-order valence-electron chi connectivity index (χ4n) is 3.03. The molecule has 0 aliphatic carbocycles. The van der Waals surface area contributed by atoms with Crippen LogP contribution in [-0.4, -0.2) is 40.3 Å². The summed E-state index contributed by atoms with van der Waals surface area (Å²) in [5, 5.41) is 4.75. The monoisotopic (exact) mass is 352 g/mol. The number of nitrogens with zero attached hydrogens (tertiary/aromatic N) is 3. The molecular weight excluding hydrogens is 332 g/mol. The Hall–Kier alpha value is -2.93. The van der Waals surface area contributed by atoms with Gasteiger partial charge < -0.3 is 19.4 Å². The molecule has 1 saturated heterocycles. The van der Waals surface area contributed by atoms with E-state index < -0.39 is 0 Å². The van der Waals surface area contributed by atoms with Crippen LogP contribution in [0.4, 0.5) is 5.69 Å². The van der Waals surface area contributed by atoms with Gasteiger partial charge in [0.2, 0.25) is 5.88 Å². The van der Waals surface area contributed by atoms with Crippen molar-refractivity contribution in [2.24, 2.45) is 13.0 Å². The van der Waals surface area contributed by atoms with Crippen molar-refractivity contribution in [2.45, 2.75) is 6.42 Å². The molecule has 26 heavy (non-hydrogen) atoms. The number of hydrogen-bond acceptors (Lipinski definition) is 5. The number of carbonyl (C=O) groups is 1. The first-order valence-corrected chi connectivity index (χ1v) is 8.59. The summed E-state index contributed by atoms with van der Waals surface area (Å²) in [5.74, 6) is 1.14. The van der Waals surface area contributed by atoms with Crippen LogP contribution >= 0.6 is 0 Å². The van der Waals surface area contributed by atoms with Crippen LogP contribution in [-0.2, 0) is 11.8 Å². The maximum Gasteiger partial charge on any atom is 0.291 e. The number of rotatable bonds is 5. The van der Waals surface area contributed by atoms with E-state index in [2.05, 4.69) is 15.3 Å². The summed E-state index contributed by atoms with van der Waals surface area (Å²) in [6.07, 6.45) is 6.07. The number of aryl methyl sites for hydroxylation is 1. The van der Waals surface area contributed by atoms with E-state index >= 15 is 0 Å². The highest BCUT2D eigenvalue weighted by Gasteiger charge is 2.17. The van der Waals surface area contributed by atoms with E-state index in [-0.39, 0.29) is 5.91 Å². The highest BCUT2D eigenvalue weighted by atomic mass is 16.5. The van der Waals surface area contributed by atoms with E-state index in [4.69, 9.17) is 9.47 Å². The van der Waals surface area contributed by atoms with Gasteiger partial charge >= 0.3 is 0 Å². The van der Waals surface area contributed by atoms with Gasteiger partial charge in [0.1, 0.15) is 0 Å². The first-order chi connectivity index (χ1) is 12.7. The predicted molar refractivity (Wildman–Crippen MR) is 97.3 cm³/mol. The van der Waals surface area contributed by atoms with E-state index in [1.165, 1.54) is 0 Å². The number of benzene rings is 1. The van der Waals surface area contributed by atoms with Crippen LogP contribution in [0.15, 0.2) is 42.9 Å². The van der Waals surface area contributed by atoms with E-state index in [9.17, 15) is 4.79 Å². The molecule has 1 N–H and O–H groups in total. The van der Waals surface area contributed by atoms with E-state index in [1.54, 1.807) is 30.2 Å². The second-order valence-electron chi connectivity index (χ2n) is 6.41. The minimum atomic E-state index is -0.247. The maximum absolute atomic E-state index is 12.3. The largest absolute Gasteiger partial charge is 0.477 e. The molecule has 0 saturated carbocycles. The summed E-state index contributed by atoms with van der Waals surface area (Å²) in [7, 11) is 1.78. The SMILES string of the molecule is Cn1ccnc1C(=O)Nc1ccc2c(OCC3CCOC3)nccc2c1. The molecule has 7 nitrogen and oxygen atoms in total. The van der Waals surface area contributed by atoms with Crippen LogP contribution in [0, 0.1) is 5.92 Å². The number of anilines is 1. The fourth-order valence-corrected chi connectivity index (χ4v) is 3.03. The number of pyridine rings is 1. The molecule has 1 atom stereocenters. The lowest BCUT2D eigenvalue weighted by molar-refractivity contribution is 0.101. The van der Waals surface area contributed by atoms with Gasteiger partial charge in [-0.1, -0.05) is 0 Å². The molecule has 4 rings (SSSR count). The molecule has 0 radical (unpaired) electrons. The van der Waals surface area contributed by atoms with E-state index in [1.807, 2.05) is 24.3 Å². The van der Waals surface area contributed by atoms with Gasteiger partial charge in [0.25, 0.3) is 5.91 Å². The normalized spacial score (nSPS) is 16.7.